The topological polar surface area (TPSA) is 60.0 Å². The van der Waals surface area contributed by atoms with Crippen molar-refractivity contribution in [3.05, 3.63) is 76.2 Å². The Morgan fingerprint density at radius 3 is 2.39 bits per heavy atom. The smallest absolute Gasteiger partial charge is 0.350 e. The van der Waals surface area contributed by atoms with Crippen molar-refractivity contribution in [1.82, 2.24) is 14.3 Å². The fourth-order valence-corrected chi connectivity index (χ4v) is 2.10. The van der Waals surface area contributed by atoms with Gasteiger partial charge in [0.2, 0.25) is 0 Å². The first-order valence-electron chi connectivity index (χ1n) is 6.53. The highest BCUT2D eigenvalue weighted by Crippen LogP contribution is 2.18. The second-order valence-corrected chi connectivity index (χ2v) is 4.79. The maximum atomic E-state index is 13.6. The molecule has 3 aromatic rings. The van der Waals surface area contributed by atoms with Gasteiger partial charge in [0.15, 0.2) is 11.6 Å². The highest BCUT2D eigenvalue weighted by atomic mass is 19.1. The molecule has 0 aliphatic carbocycles. The summed E-state index contributed by atoms with van der Waals surface area (Å²) in [6.45, 7) is -0.349. The molecule has 0 saturated heterocycles. The highest BCUT2D eigenvalue weighted by Gasteiger charge is 2.14. The molecule has 3 rings (SSSR count). The van der Waals surface area contributed by atoms with E-state index in [0.717, 1.165) is 39.8 Å². The highest BCUT2D eigenvalue weighted by molar-refractivity contribution is 5.37. The van der Waals surface area contributed by atoms with Crippen LogP contribution in [0.15, 0.2) is 47.5 Å². The quantitative estimate of drug-likeness (QED) is 0.804. The molecule has 0 bridgehead atoms. The number of aromatic nitrogens is 3. The van der Waals surface area contributed by atoms with Crippen LogP contribution in [-0.4, -0.2) is 19.5 Å². The monoisotopic (exact) mass is 321 g/mol. The van der Waals surface area contributed by atoms with Gasteiger partial charge in [0.1, 0.15) is 18.0 Å². The molecule has 0 saturated carbocycles. The summed E-state index contributed by atoms with van der Waals surface area (Å²) in [7, 11) is 0. The van der Waals surface area contributed by atoms with E-state index < -0.39 is 28.9 Å². The number of halogens is 3. The van der Waals surface area contributed by atoms with Gasteiger partial charge in [-0.15, -0.1) is 0 Å². The molecule has 0 spiro atoms. The maximum Gasteiger partial charge on any atom is 0.350 e. The van der Waals surface area contributed by atoms with Crippen LogP contribution in [0.4, 0.5) is 13.2 Å². The van der Waals surface area contributed by atoms with Crippen molar-refractivity contribution in [1.29, 1.82) is 0 Å². The lowest BCUT2D eigenvalue weighted by atomic mass is 10.2. The van der Waals surface area contributed by atoms with Crippen molar-refractivity contribution in [2.45, 2.75) is 6.54 Å². The van der Waals surface area contributed by atoms with Crippen LogP contribution >= 0.6 is 0 Å². The predicted molar refractivity (Wildman–Crippen MR) is 74.9 cm³/mol. The molecule has 5 nitrogen and oxygen atoms in total. The maximum absolute atomic E-state index is 13.6. The first-order chi connectivity index (χ1) is 11.0. The standard InChI is InChI=1S/C15H10F3N3O2/c16-11-2-1-3-12(17)10(11)7-20-8-19-21(15(20)23)9-4-5-14(22)13(18)6-9/h1-6,8,22H,7H2. The molecule has 1 heterocycles. The van der Waals surface area contributed by atoms with E-state index in [1.807, 2.05) is 0 Å². The summed E-state index contributed by atoms with van der Waals surface area (Å²) < 4.78 is 42.5. The molecule has 0 fully saturated rings. The number of hydrogen-bond acceptors (Lipinski definition) is 3. The number of benzene rings is 2. The largest absolute Gasteiger partial charge is 0.505 e. The van der Waals surface area contributed by atoms with Crippen molar-refractivity contribution in [3.63, 3.8) is 0 Å². The van der Waals surface area contributed by atoms with Gasteiger partial charge in [0, 0.05) is 11.6 Å². The minimum atomic E-state index is -0.913. The van der Waals surface area contributed by atoms with Crippen molar-refractivity contribution >= 4 is 0 Å². The lowest BCUT2D eigenvalue weighted by Crippen LogP contribution is -2.24. The molecule has 23 heavy (non-hydrogen) atoms. The van der Waals surface area contributed by atoms with Crippen molar-refractivity contribution in [2.75, 3.05) is 0 Å². The first-order valence-corrected chi connectivity index (χ1v) is 6.53. The fourth-order valence-electron chi connectivity index (χ4n) is 2.10. The minimum Gasteiger partial charge on any atom is -0.505 e. The Balaban J connectivity index is 2.00. The molecule has 0 radical (unpaired) electrons. The Morgan fingerprint density at radius 2 is 1.74 bits per heavy atom. The van der Waals surface area contributed by atoms with E-state index >= 15 is 0 Å². The molecule has 0 atom stereocenters. The molecule has 118 valence electrons. The Labute approximate surface area is 127 Å². The van der Waals surface area contributed by atoms with Crippen LogP contribution in [0.25, 0.3) is 5.69 Å². The molecule has 0 aliphatic rings. The van der Waals surface area contributed by atoms with Gasteiger partial charge in [-0.25, -0.2) is 18.0 Å². The van der Waals surface area contributed by atoms with E-state index in [-0.39, 0.29) is 17.8 Å². The number of rotatable bonds is 3. The third kappa shape index (κ3) is 2.70. The van der Waals surface area contributed by atoms with Crippen molar-refractivity contribution < 1.29 is 18.3 Å². The van der Waals surface area contributed by atoms with Crippen LogP contribution in [0.2, 0.25) is 0 Å². The average molecular weight is 321 g/mol. The van der Waals surface area contributed by atoms with Crippen LogP contribution < -0.4 is 5.69 Å². The van der Waals surface area contributed by atoms with E-state index in [2.05, 4.69) is 5.10 Å². The lowest BCUT2D eigenvalue weighted by molar-refractivity contribution is 0.432. The summed E-state index contributed by atoms with van der Waals surface area (Å²) in [6.07, 6.45) is 1.10. The predicted octanol–water partition coefficient (Wildman–Crippen LogP) is 2.21. The van der Waals surface area contributed by atoms with E-state index in [1.165, 1.54) is 12.1 Å². The number of nitrogens with zero attached hydrogens (tertiary/aromatic N) is 3. The van der Waals surface area contributed by atoms with E-state index in [1.54, 1.807) is 0 Å². The molecular formula is C15H10F3N3O2. The second-order valence-electron chi connectivity index (χ2n) is 4.79. The Bertz CT molecular complexity index is 914. The van der Waals surface area contributed by atoms with E-state index in [9.17, 15) is 18.0 Å². The summed E-state index contributed by atoms with van der Waals surface area (Å²) in [4.78, 5) is 12.2. The van der Waals surface area contributed by atoms with E-state index in [4.69, 9.17) is 5.11 Å². The van der Waals surface area contributed by atoms with Gasteiger partial charge in [-0.1, -0.05) is 6.07 Å². The zero-order valence-electron chi connectivity index (χ0n) is 11.6. The van der Waals surface area contributed by atoms with Gasteiger partial charge >= 0.3 is 5.69 Å². The average Bonchev–Trinajstić information content (AvgIpc) is 2.87. The van der Waals surface area contributed by atoms with Gasteiger partial charge in [-0.05, 0) is 24.3 Å². The number of aromatic hydroxyl groups is 1. The summed E-state index contributed by atoms with van der Waals surface area (Å²) >= 11 is 0. The zero-order valence-corrected chi connectivity index (χ0v) is 11.6. The Morgan fingerprint density at radius 1 is 1.04 bits per heavy atom. The number of phenols is 1. The molecule has 0 amide bonds. The SMILES string of the molecule is O=c1n(Cc2c(F)cccc2F)cnn1-c1ccc(O)c(F)c1. The Kier molecular flexibility index (Phi) is 3.65. The van der Waals surface area contributed by atoms with Crippen molar-refractivity contribution in [2.24, 2.45) is 0 Å². The molecule has 0 unspecified atom stereocenters. The Hall–Kier alpha value is -3.03. The van der Waals surface area contributed by atoms with Crippen LogP contribution in [0.5, 0.6) is 5.75 Å². The summed E-state index contributed by atoms with van der Waals surface area (Å²) in [5.41, 5.74) is -0.887. The number of phenolic OH excluding ortho intramolecular Hbond substituents is 1. The third-order valence-electron chi connectivity index (χ3n) is 3.30. The lowest BCUT2D eigenvalue weighted by Gasteiger charge is -2.04. The first kappa shape index (κ1) is 14.9. The molecule has 8 heteroatoms. The summed E-state index contributed by atoms with van der Waals surface area (Å²) in [5.74, 6) is -3.03. The summed E-state index contributed by atoms with van der Waals surface area (Å²) in [5, 5.41) is 12.9. The minimum absolute atomic E-state index is 0.0815. The van der Waals surface area contributed by atoms with Crippen LogP contribution in [0, 0.1) is 17.5 Å². The fraction of sp³-hybridized carbons (Fsp3) is 0.0667. The molecule has 0 aliphatic heterocycles. The molecule has 2 aromatic carbocycles. The van der Waals surface area contributed by atoms with Crippen molar-refractivity contribution in [3.8, 4) is 11.4 Å². The molecular weight excluding hydrogens is 311 g/mol. The van der Waals surface area contributed by atoms with Gasteiger partial charge < -0.3 is 5.11 Å². The van der Waals surface area contributed by atoms with Crippen LogP contribution in [0.3, 0.4) is 0 Å². The number of hydrogen-bond donors (Lipinski definition) is 1. The van der Waals surface area contributed by atoms with Gasteiger partial charge in [-0.2, -0.15) is 9.78 Å². The van der Waals surface area contributed by atoms with E-state index in [0.29, 0.717) is 0 Å². The van der Waals surface area contributed by atoms with Crippen LogP contribution in [-0.2, 0) is 6.54 Å². The van der Waals surface area contributed by atoms with Gasteiger partial charge in [0.25, 0.3) is 0 Å². The molecule has 1 aromatic heterocycles. The third-order valence-corrected chi connectivity index (χ3v) is 3.30. The second kappa shape index (κ2) is 5.64. The normalized spacial score (nSPS) is 10.9. The zero-order chi connectivity index (χ0) is 16.6. The summed E-state index contributed by atoms with van der Waals surface area (Å²) in [6, 6.07) is 6.69. The van der Waals surface area contributed by atoms with Crippen LogP contribution in [0.1, 0.15) is 5.56 Å². The van der Waals surface area contributed by atoms with Gasteiger partial charge in [-0.3, -0.25) is 4.57 Å². The van der Waals surface area contributed by atoms with Gasteiger partial charge in [0.05, 0.1) is 12.2 Å². The molecule has 1 N–H and O–H groups in total.